The van der Waals surface area contributed by atoms with Crippen molar-refractivity contribution in [3.05, 3.63) is 53.2 Å². The maximum Gasteiger partial charge on any atom is 0.255 e. The first-order chi connectivity index (χ1) is 13.9. The first-order valence-corrected chi connectivity index (χ1v) is 8.84. The standard InChI is InChI=1S/C20H18ClN3O5/c1-27-15-6-5-14(12-4-3-7-23-18(12)15)24-20(26)11-8-13(21)19(16(9-11)28-2)29-10-17(22)25/h3-9H,10H2,1-2H3,(H2,22,25)(H,24,26). The molecule has 0 fully saturated rings. The normalized spacial score (nSPS) is 10.4. The lowest BCUT2D eigenvalue weighted by Gasteiger charge is -2.14. The van der Waals surface area contributed by atoms with Gasteiger partial charge in [0.15, 0.2) is 18.1 Å². The smallest absolute Gasteiger partial charge is 0.255 e. The van der Waals surface area contributed by atoms with Crippen LogP contribution >= 0.6 is 11.6 Å². The number of halogens is 1. The van der Waals surface area contributed by atoms with Crippen molar-refractivity contribution < 1.29 is 23.8 Å². The molecule has 0 aliphatic rings. The monoisotopic (exact) mass is 415 g/mol. The van der Waals surface area contributed by atoms with Gasteiger partial charge in [-0.25, -0.2) is 0 Å². The Bertz CT molecular complexity index is 1090. The summed E-state index contributed by atoms with van der Waals surface area (Å²) in [6.45, 7) is -0.369. The van der Waals surface area contributed by atoms with Crippen molar-refractivity contribution >= 4 is 40.0 Å². The van der Waals surface area contributed by atoms with E-state index in [0.29, 0.717) is 17.0 Å². The highest BCUT2D eigenvalue weighted by Crippen LogP contribution is 2.37. The minimum atomic E-state index is -0.662. The first-order valence-electron chi connectivity index (χ1n) is 8.46. The Morgan fingerprint density at radius 1 is 1.14 bits per heavy atom. The number of nitrogens with one attached hydrogen (secondary N) is 1. The predicted octanol–water partition coefficient (Wildman–Crippen LogP) is 3.02. The van der Waals surface area contributed by atoms with Crippen molar-refractivity contribution in [2.75, 3.05) is 26.1 Å². The number of benzene rings is 2. The third-order valence-corrected chi connectivity index (χ3v) is 4.33. The number of pyridine rings is 1. The number of fused-ring (bicyclic) bond motifs is 1. The molecule has 0 saturated heterocycles. The molecule has 0 radical (unpaired) electrons. The number of ether oxygens (including phenoxy) is 3. The van der Waals surface area contributed by atoms with Gasteiger partial charge in [0.2, 0.25) is 0 Å². The molecule has 0 atom stereocenters. The minimum Gasteiger partial charge on any atom is -0.494 e. The van der Waals surface area contributed by atoms with Crippen LogP contribution in [0.25, 0.3) is 10.9 Å². The van der Waals surface area contributed by atoms with Gasteiger partial charge in [0, 0.05) is 17.1 Å². The quantitative estimate of drug-likeness (QED) is 0.613. The number of amides is 2. The van der Waals surface area contributed by atoms with Crippen molar-refractivity contribution in [2.24, 2.45) is 5.73 Å². The fraction of sp³-hybridized carbons (Fsp3) is 0.150. The molecule has 150 valence electrons. The first kappa shape index (κ1) is 20.2. The van der Waals surface area contributed by atoms with E-state index in [0.717, 1.165) is 5.39 Å². The van der Waals surface area contributed by atoms with Crippen LogP contribution in [0.2, 0.25) is 5.02 Å². The molecular formula is C20H18ClN3O5. The lowest BCUT2D eigenvalue weighted by atomic mass is 10.1. The van der Waals surface area contributed by atoms with Crippen molar-refractivity contribution in [1.29, 1.82) is 0 Å². The molecule has 0 unspecified atom stereocenters. The largest absolute Gasteiger partial charge is 0.494 e. The number of methoxy groups -OCH3 is 2. The third kappa shape index (κ3) is 4.33. The summed E-state index contributed by atoms with van der Waals surface area (Å²) in [6.07, 6.45) is 1.64. The molecule has 2 amide bonds. The highest BCUT2D eigenvalue weighted by Gasteiger charge is 2.18. The van der Waals surface area contributed by atoms with E-state index in [9.17, 15) is 9.59 Å². The average molecular weight is 416 g/mol. The Morgan fingerprint density at radius 2 is 1.90 bits per heavy atom. The van der Waals surface area contributed by atoms with E-state index in [1.54, 1.807) is 31.5 Å². The van der Waals surface area contributed by atoms with Gasteiger partial charge in [0.25, 0.3) is 11.8 Å². The second-order valence-corrected chi connectivity index (χ2v) is 6.32. The van der Waals surface area contributed by atoms with Crippen molar-refractivity contribution in [1.82, 2.24) is 4.98 Å². The topological polar surface area (TPSA) is 113 Å². The van der Waals surface area contributed by atoms with Crippen LogP contribution < -0.4 is 25.3 Å². The third-order valence-electron chi connectivity index (χ3n) is 4.05. The van der Waals surface area contributed by atoms with Gasteiger partial charge < -0.3 is 25.3 Å². The Labute approximate surface area is 171 Å². The number of primary amides is 1. The molecule has 2 aromatic carbocycles. The van der Waals surface area contributed by atoms with Gasteiger partial charge in [-0.1, -0.05) is 11.6 Å². The number of nitrogens with two attached hydrogens (primary N) is 1. The van der Waals surface area contributed by atoms with E-state index in [1.165, 1.54) is 19.2 Å². The van der Waals surface area contributed by atoms with E-state index >= 15 is 0 Å². The lowest BCUT2D eigenvalue weighted by molar-refractivity contribution is -0.119. The summed E-state index contributed by atoms with van der Waals surface area (Å²) in [7, 11) is 2.95. The number of anilines is 1. The number of carbonyl (C=O) groups is 2. The molecule has 3 aromatic rings. The predicted molar refractivity (Wildman–Crippen MR) is 109 cm³/mol. The maximum absolute atomic E-state index is 12.8. The molecule has 3 rings (SSSR count). The summed E-state index contributed by atoms with van der Waals surface area (Å²) < 4.78 is 15.8. The van der Waals surface area contributed by atoms with Gasteiger partial charge in [-0.2, -0.15) is 0 Å². The van der Waals surface area contributed by atoms with E-state index in [4.69, 9.17) is 31.5 Å². The van der Waals surface area contributed by atoms with Gasteiger partial charge >= 0.3 is 0 Å². The lowest BCUT2D eigenvalue weighted by Crippen LogP contribution is -2.20. The molecule has 1 aromatic heterocycles. The average Bonchev–Trinajstić information content (AvgIpc) is 2.72. The number of hydrogen-bond acceptors (Lipinski definition) is 6. The van der Waals surface area contributed by atoms with Crippen molar-refractivity contribution in [3.8, 4) is 17.2 Å². The van der Waals surface area contributed by atoms with E-state index in [-0.39, 0.29) is 28.7 Å². The SMILES string of the molecule is COc1cc(C(=O)Nc2ccc(OC)c3ncccc23)cc(Cl)c1OCC(N)=O. The molecule has 0 bridgehead atoms. The zero-order valence-corrected chi connectivity index (χ0v) is 16.4. The Morgan fingerprint density at radius 3 is 2.59 bits per heavy atom. The van der Waals surface area contributed by atoms with Gasteiger partial charge in [-0.15, -0.1) is 0 Å². The summed E-state index contributed by atoms with van der Waals surface area (Å²) in [5.74, 6) is -0.153. The molecule has 8 nitrogen and oxygen atoms in total. The van der Waals surface area contributed by atoms with Gasteiger partial charge in [-0.3, -0.25) is 14.6 Å². The summed E-state index contributed by atoms with van der Waals surface area (Å²) in [5.41, 5.74) is 6.51. The van der Waals surface area contributed by atoms with E-state index < -0.39 is 11.8 Å². The molecule has 3 N–H and O–H groups in total. The van der Waals surface area contributed by atoms with E-state index in [1.807, 2.05) is 6.07 Å². The highest BCUT2D eigenvalue weighted by atomic mass is 35.5. The molecule has 29 heavy (non-hydrogen) atoms. The number of nitrogens with zero attached hydrogens (tertiary/aromatic N) is 1. The van der Waals surface area contributed by atoms with Crippen LogP contribution in [0.3, 0.4) is 0 Å². The van der Waals surface area contributed by atoms with Gasteiger partial charge in [0.1, 0.15) is 11.3 Å². The molecule has 0 aliphatic carbocycles. The number of rotatable bonds is 7. The van der Waals surface area contributed by atoms with Crippen LogP contribution in [-0.2, 0) is 4.79 Å². The zero-order valence-electron chi connectivity index (χ0n) is 15.7. The van der Waals surface area contributed by atoms with Crippen LogP contribution in [0.15, 0.2) is 42.6 Å². The number of hydrogen-bond donors (Lipinski definition) is 2. The Hall–Kier alpha value is -3.52. The molecule has 9 heteroatoms. The summed E-state index contributed by atoms with van der Waals surface area (Å²) in [5, 5.41) is 3.67. The number of aromatic nitrogens is 1. The van der Waals surface area contributed by atoms with Gasteiger partial charge in [0.05, 0.1) is 24.9 Å². The van der Waals surface area contributed by atoms with Crippen LogP contribution in [0.1, 0.15) is 10.4 Å². The molecular weight excluding hydrogens is 398 g/mol. The number of carbonyl (C=O) groups excluding carboxylic acids is 2. The zero-order chi connectivity index (χ0) is 21.0. The summed E-state index contributed by atoms with van der Waals surface area (Å²) in [6, 6.07) is 9.92. The fourth-order valence-electron chi connectivity index (χ4n) is 2.75. The molecule has 1 heterocycles. The van der Waals surface area contributed by atoms with Gasteiger partial charge in [-0.05, 0) is 36.4 Å². The van der Waals surface area contributed by atoms with E-state index in [2.05, 4.69) is 10.3 Å². The minimum absolute atomic E-state index is 0.108. The van der Waals surface area contributed by atoms with Crippen LogP contribution in [0.4, 0.5) is 5.69 Å². The fourth-order valence-corrected chi connectivity index (χ4v) is 3.01. The second-order valence-electron chi connectivity index (χ2n) is 5.91. The van der Waals surface area contributed by atoms with Crippen LogP contribution in [0.5, 0.6) is 17.2 Å². The molecule has 0 aliphatic heterocycles. The van der Waals surface area contributed by atoms with Crippen molar-refractivity contribution in [2.45, 2.75) is 0 Å². The second kappa shape index (κ2) is 8.66. The van der Waals surface area contributed by atoms with Crippen LogP contribution in [0, 0.1) is 0 Å². The maximum atomic E-state index is 12.8. The van der Waals surface area contributed by atoms with Crippen molar-refractivity contribution in [3.63, 3.8) is 0 Å². The highest BCUT2D eigenvalue weighted by molar-refractivity contribution is 6.33. The van der Waals surface area contributed by atoms with Crippen LogP contribution in [-0.4, -0.2) is 37.6 Å². The Balaban J connectivity index is 1.93. The summed E-state index contributed by atoms with van der Waals surface area (Å²) in [4.78, 5) is 28.1. The molecule has 0 spiro atoms. The Kier molecular flexibility index (Phi) is 6.04. The summed E-state index contributed by atoms with van der Waals surface area (Å²) >= 11 is 6.21. The molecule has 0 saturated carbocycles.